The van der Waals surface area contributed by atoms with E-state index < -0.39 is 22.0 Å². The van der Waals surface area contributed by atoms with Gasteiger partial charge in [0.15, 0.2) is 22.9 Å². The molecule has 0 aliphatic carbocycles. The van der Waals surface area contributed by atoms with Crippen LogP contribution >= 0.6 is 34.3 Å². The highest BCUT2D eigenvalue weighted by Crippen LogP contribution is 2.42. The van der Waals surface area contributed by atoms with Crippen LogP contribution in [0.1, 0.15) is 4.88 Å². The molecule has 3 N–H and O–H groups in total. The lowest BCUT2D eigenvalue weighted by Gasteiger charge is -2.30. The summed E-state index contributed by atoms with van der Waals surface area (Å²) in [6, 6.07) is 10.6. The van der Waals surface area contributed by atoms with Crippen molar-refractivity contribution in [3.63, 3.8) is 0 Å². The molecule has 0 fully saturated rings. The topological polar surface area (TPSA) is 116 Å². The first-order chi connectivity index (χ1) is 16.1. The number of fused-ring (bicyclic) bond motifs is 1. The molecule has 4 heterocycles. The van der Waals surface area contributed by atoms with Crippen molar-refractivity contribution in [1.82, 2.24) is 9.29 Å². The van der Waals surface area contributed by atoms with E-state index in [1.807, 2.05) is 0 Å². The van der Waals surface area contributed by atoms with E-state index in [4.69, 9.17) is 16.0 Å². The number of nitrogens with one attached hydrogen (secondary N) is 1. The molecule has 4 aromatic rings. The molecule has 0 spiro atoms. The van der Waals surface area contributed by atoms with Gasteiger partial charge in [-0.05, 0) is 42.5 Å². The first-order valence-electron chi connectivity index (χ1n) is 9.63. The summed E-state index contributed by atoms with van der Waals surface area (Å²) in [7, 11) is -2.77. The number of thiazole rings is 1. The number of aromatic nitrogens is 1. The number of thiophene rings is 1. The fraction of sp³-hybridized carbons (Fsp3) is 0.0952. The maximum atomic E-state index is 13.2. The smallest absolute Gasteiger partial charge is 0.265 e. The molecule has 13 heteroatoms. The molecular weight excluding hydrogens is 525 g/mol. The van der Waals surface area contributed by atoms with Gasteiger partial charge in [0.05, 0.1) is 9.21 Å². The number of hydrogen-bond donors (Lipinski definition) is 3. The second-order valence-corrected chi connectivity index (χ2v) is 11.7. The van der Waals surface area contributed by atoms with Crippen molar-refractivity contribution in [2.24, 2.45) is 0 Å². The molecule has 0 amide bonds. The average Bonchev–Trinajstić information content (AvgIpc) is 3.53. The van der Waals surface area contributed by atoms with Crippen molar-refractivity contribution in [1.29, 1.82) is 0 Å². The second kappa shape index (κ2) is 8.40. The van der Waals surface area contributed by atoms with Crippen LogP contribution in [0, 0.1) is 5.82 Å². The van der Waals surface area contributed by atoms with E-state index >= 15 is 0 Å². The summed E-state index contributed by atoms with van der Waals surface area (Å²) in [6.07, 6.45) is -1.58. The number of benzene rings is 1. The van der Waals surface area contributed by atoms with Gasteiger partial charge in [0, 0.05) is 18.0 Å². The van der Waals surface area contributed by atoms with Gasteiger partial charge >= 0.3 is 0 Å². The Kier molecular flexibility index (Phi) is 5.65. The number of rotatable bonds is 5. The third-order valence-electron chi connectivity index (χ3n) is 5.11. The summed E-state index contributed by atoms with van der Waals surface area (Å²) >= 11 is 8.00. The molecule has 34 heavy (non-hydrogen) atoms. The Morgan fingerprint density at radius 1 is 1.21 bits per heavy atom. The summed E-state index contributed by atoms with van der Waals surface area (Å²) < 4.78 is 45.6. The van der Waals surface area contributed by atoms with Crippen molar-refractivity contribution < 1.29 is 27.4 Å². The van der Waals surface area contributed by atoms with E-state index in [1.54, 1.807) is 29.6 Å². The van der Waals surface area contributed by atoms with E-state index in [1.165, 1.54) is 25.2 Å². The normalized spacial score (nSPS) is 15.9. The molecule has 8 nitrogen and oxygen atoms in total. The summed E-state index contributed by atoms with van der Waals surface area (Å²) in [5, 5.41) is 26.1. The summed E-state index contributed by atoms with van der Waals surface area (Å²) in [5.41, 5.74) is 0.927. The number of anilines is 1. The maximum absolute atomic E-state index is 13.2. The Bertz CT molecular complexity index is 1520. The molecule has 1 aliphatic heterocycles. The summed E-state index contributed by atoms with van der Waals surface area (Å²) in [6.45, 7) is 0. The number of nitrogens with zero attached hydrogens (tertiary/aromatic N) is 2. The zero-order valence-corrected chi connectivity index (χ0v) is 20.4. The molecule has 1 unspecified atom stereocenters. The third-order valence-corrected chi connectivity index (χ3v) is 9.08. The van der Waals surface area contributed by atoms with Gasteiger partial charge in [-0.15, -0.1) is 22.7 Å². The van der Waals surface area contributed by atoms with Gasteiger partial charge in [-0.2, -0.15) is 0 Å². The number of hydrogen-bond acceptors (Lipinski definition) is 9. The first kappa shape index (κ1) is 22.9. The van der Waals surface area contributed by atoms with E-state index in [0.717, 1.165) is 27.0 Å². The molecule has 0 radical (unpaired) electrons. The SMILES string of the molecule is CN1C(C(O)Nc2nc(-c3ccc(-c4ccc(F)cc4)o3)cs2)=C(O)c2sc(Cl)cc2S1(=O)=O. The number of aliphatic hydroxyl groups excluding tert-OH is 2. The maximum Gasteiger partial charge on any atom is 0.265 e. The van der Waals surface area contributed by atoms with Crippen LogP contribution in [0.2, 0.25) is 4.34 Å². The van der Waals surface area contributed by atoms with Crippen LogP contribution in [-0.2, 0) is 10.0 Å². The van der Waals surface area contributed by atoms with Crippen LogP contribution in [0.25, 0.3) is 28.5 Å². The van der Waals surface area contributed by atoms with Crippen LogP contribution in [0.4, 0.5) is 9.52 Å². The Labute approximate surface area is 206 Å². The van der Waals surface area contributed by atoms with E-state index in [0.29, 0.717) is 22.8 Å². The molecule has 1 aromatic carbocycles. The average molecular weight is 540 g/mol. The van der Waals surface area contributed by atoms with Crippen LogP contribution < -0.4 is 5.32 Å². The van der Waals surface area contributed by atoms with E-state index in [2.05, 4.69) is 10.3 Å². The largest absolute Gasteiger partial charge is 0.504 e. The lowest BCUT2D eigenvalue weighted by molar-refractivity contribution is 0.213. The summed E-state index contributed by atoms with van der Waals surface area (Å²) in [4.78, 5) is 4.31. The van der Waals surface area contributed by atoms with Gasteiger partial charge < -0.3 is 19.9 Å². The highest BCUT2D eigenvalue weighted by Gasteiger charge is 2.39. The minimum Gasteiger partial charge on any atom is -0.504 e. The predicted molar refractivity (Wildman–Crippen MR) is 129 cm³/mol. The van der Waals surface area contributed by atoms with Gasteiger partial charge in [-0.1, -0.05) is 11.6 Å². The Hall–Kier alpha value is -2.90. The van der Waals surface area contributed by atoms with Crippen LogP contribution in [0.15, 0.2) is 62.9 Å². The molecule has 176 valence electrons. The fourth-order valence-corrected chi connectivity index (χ4v) is 7.14. The van der Waals surface area contributed by atoms with Crippen LogP contribution in [0.5, 0.6) is 0 Å². The van der Waals surface area contributed by atoms with Gasteiger partial charge in [0.2, 0.25) is 0 Å². The lowest BCUT2D eigenvalue weighted by Crippen LogP contribution is -2.39. The number of furan rings is 1. The molecule has 3 aromatic heterocycles. The molecule has 5 rings (SSSR count). The monoisotopic (exact) mass is 539 g/mol. The highest BCUT2D eigenvalue weighted by molar-refractivity contribution is 7.89. The zero-order chi connectivity index (χ0) is 24.2. The van der Waals surface area contributed by atoms with Crippen molar-refractivity contribution in [2.75, 3.05) is 12.4 Å². The zero-order valence-electron chi connectivity index (χ0n) is 17.2. The third kappa shape index (κ3) is 3.87. The Morgan fingerprint density at radius 2 is 1.91 bits per heavy atom. The predicted octanol–water partition coefficient (Wildman–Crippen LogP) is 5.22. The number of sulfonamides is 1. The molecule has 0 saturated carbocycles. The minimum atomic E-state index is -4.00. The van der Waals surface area contributed by atoms with Crippen LogP contribution in [0.3, 0.4) is 0 Å². The van der Waals surface area contributed by atoms with Crippen molar-refractivity contribution >= 4 is 55.2 Å². The van der Waals surface area contributed by atoms with Crippen molar-refractivity contribution in [2.45, 2.75) is 11.1 Å². The highest BCUT2D eigenvalue weighted by atomic mass is 35.5. The van der Waals surface area contributed by atoms with Crippen LogP contribution in [-0.4, -0.2) is 41.2 Å². The molecule has 0 saturated heterocycles. The standard InChI is InChI=1S/C21H15ClFN3O5S3/c1-26-17(18(27)19-15(34(26,29)30)8-16(22)33-19)20(28)25-21-24-12(9-32-21)14-7-6-13(31-14)10-2-4-11(23)5-3-10/h2-9,20,27-28H,1H3,(H,24,25). The molecule has 1 aliphatic rings. The Morgan fingerprint density at radius 3 is 2.65 bits per heavy atom. The number of likely N-dealkylation sites (N-methyl/N-ethyl adjacent to an activating group) is 1. The quantitative estimate of drug-likeness (QED) is 0.298. The van der Waals surface area contributed by atoms with E-state index in [-0.39, 0.29) is 30.8 Å². The number of halogens is 2. The summed E-state index contributed by atoms with van der Waals surface area (Å²) in [5.74, 6) is 0.249. The van der Waals surface area contributed by atoms with Gasteiger partial charge in [0.1, 0.15) is 27.9 Å². The van der Waals surface area contributed by atoms with Gasteiger partial charge in [-0.25, -0.2) is 17.8 Å². The Balaban J connectivity index is 1.39. The molecular formula is C21H15ClFN3O5S3. The number of aliphatic hydroxyl groups is 2. The lowest BCUT2D eigenvalue weighted by atomic mass is 10.2. The van der Waals surface area contributed by atoms with Gasteiger partial charge in [-0.3, -0.25) is 4.31 Å². The van der Waals surface area contributed by atoms with Crippen molar-refractivity contribution in [3.05, 3.63) is 68.6 Å². The van der Waals surface area contributed by atoms with E-state index in [9.17, 15) is 23.0 Å². The van der Waals surface area contributed by atoms with Crippen molar-refractivity contribution in [3.8, 4) is 22.8 Å². The molecule has 0 bridgehead atoms. The molecule has 1 atom stereocenters. The minimum absolute atomic E-state index is 0.0580. The first-order valence-corrected chi connectivity index (χ1v) is 13.1. The van der Waals surface area contributed by atoms with Gasteiger partial charge in [0.25, 0.3) is 10.0 Å². The fourth-order valence-electron chi connectivity index (χ4n) is 3.43. The second-order valence-electron chi connectivity index (χ2n) is 7.21.